The lowest BCUT2D eigenvalue weighted by Crippen LogP contribution is -2.06. The van der Waals surface area contributed by atoms with E-state index in [0.29, 0.717) is 17.9 Å². The lowest BCUT2D eigenvalue weighted by atomic mass is 10.2. The normalized spacial score (nSPS) is 13.8. The average Bonchev–Trinajstić information content (AvgIpc) is 2.17. The second-order valence-corrected chi connectivity index (χ2v) is 2.68. The zero-order chi connectivity index (χ0) is 9.26. The molecule has 13 heavy (non-hydrogen) atoms. The first-order valence-electron chi connectivity index (χ1n) is 3.89. The number of carboxylic acids is 1. The predicted molar refractivity (Wildman–Crippen MR) is 45.5 cm³/mol. The topological polar surface area (TPSA) is 75.4 Å². The quantitative estimate of drug-likeness (QED) is 0.689. The Morgan fingerprint density at radius 1 is 1.54 bits per heavy atom. The number of fused-ring (bicyclic) bond motifs is 1. The smallest absolute Gasteiger partial charge is 0.356 e. The maximum atomic E-state index is 10.5. The average molecular weight is 177 g/mol. The SMILES string of the molecule is O=C(O)c1cnc2c(n1)CCC=N2. The van der Waals surface area contributed by atoms with E-state index >= 15 is 0 Å². The molecular weight excluding hydrogens is 170 g/mol. The Balaban J connectivity index is 2.48. The molecular formula is C8H7N3O2. The van der Waals surface area contributed by atoms with Gasteiger partial charge in [0.2, 0.25) is 0 Å². The second-order valence-electron chi connectivity index (χ2n) is 2.68. The fraction of sp³-hybridized carbons (Fsp3) is 0.250. The first-order chi connectivity index (χ1) is 6.27. The van der Waals surface area contributed by atoms with Crippen LogP contribution in [-0.4, -0.2) is 27.3 Å². The van der Waals surface area contributed by atoms with E-state index in [1.54, 1.807) is 6.21 Å². The van der Waals surface area contributed by atoms with Crippen LogP contribution < -0.4 is 0 Å². The monoisotopic (exact) mass is 177 g/mol. The molecule has 1 aliphatic heterocycles. The van der Waals surface area contributed by atoms with Crippen molar-refractivity contribution < 1.29 is 9.90 Å². The number of aromatic carboxylic acids is 1. The molecule has 1 aliphatic rings. The highest BCUT2D eigenvalue weighted by molar-refractivity contribution is 5.85. The molecule has 0 spiro atoms. The zero-order valence-corrected chi connectivity index (χ0v) is 6.77. The van der Waals surface area contributed by atoms with Crippen molar-refractivity contribution in [3.8, 4) is 0 Å². The third-order valence-corrected chi connectivity index (χ3v) is 1.77. The molecule has 2 heterocycles. The Morgan fingerprint density at radius 3 is 3.15 bits per heavy atom. The summed E-state index contributed by atoms with van der Waals surface area (Å²) in [5.41, 5.74) is 0.651. The first-order valence-corrected chi connectivity index (χ1v) is 3.89. The Morgan fingerprint density at radius 2 is 2.38 bits per heavy atom. The van der Waals surface area contributed by atoms with Gasteiger partial charge in [0, 0.05) is 6.21 Å². The highest BCUT2D eigenvalue weighted by Gasteiger charge is 2.12. The predicted octanol–water partition coefficient (Wildman–Crippen LogP) is 0.823. The standard InChI is InChI=1S/C8H7N3O2/c12-8(13)6-4-10-7-5(11-6)2-1-3-9-7/h3-4H,1-2H2,(H,12,13). The van der Waals surface area contributed by atoms with E-state index in [4.69, 9.17) is 5.11 Å². The van der Waals surface area contributed by atoms with Gasteiger partial charge in [-0.15, -0.1) is 0 Å². The first kappa shape index (κ1) is 7.85. The van der Waals surface area contributed by atoms with Crippen molar-refractivity contribution in [3.63, 3.8) is 0 Å². The van der Waals surface area contributed by atoms with Crippen LogP contribution in [0.5, 0.6) is 0 Å². The lowest BCUT2D eigenvalue weighted by Gasteiger charge is -2.06. The summed E-state index contributed by atoms with van der Waals surface area (Å²) in [6.45, 7) is 0. The second kappa shape index (κ2) is 2.93. The van der Waals surface area contributed by atoms with Crippen LogP contribution >= 0.6 is 0 Å². The third-order valence-electron chi connectivity index (χ3n) is 1.77. The summed E-state index contributed by atoms with van der Waals surface area (Å²) in [7, 11) is 0. The minimum Gasteiger partial charge on any atom is -0.476 e. The Labute approximate surface area is 74.2 Å². The molecule has 0 atom stereocenters. The van der Waals surface area contributed by atoms with Crippen LogP contribution in [0.1, 0.15) is 22.6 Å². The molecule has 1 aromatic heterocycles. The largest absolute Gasteiger partial charge is 0.476 e. The molecule has 66 valence electrons. The van der Waals surface area contributed by atoms with Crippen molar-refractivity contribution in [3.05, 3.63) is 17.6 Å². The molecule has 5 heteroatoms. The summed E-state index contributed by atoms with van der Waals surface area (Å²) in [6, 6.07) is 0. The number of aromatic nitrogens is 2. The number of hydrogen-bond acceptors (Lipinski definition) is 4. The summed E-state index contributed by atoms with van der Waals surface area (Å²) < 4.78 is 0. The van der Waals surface area contributed by atoms with E-state index in [2.05, 4.69) is 15.0 Å². The zero-order valence-electron chi connectivity index (χ0n) is 6.77. The molecule has 0 radical (unpaired) electrons. The number of carbonyl (C=O) groups is 1. The molecule has 0 saturated heterocycles. The molecule has 0 amide bonds. The van der Waals surface area contributed by atoms with Crippen molar-refractivity contribution in [2.24, 2.45) is 4.99 Å². The molecule has 5 nitrogen and oxygen atoms in total. The van der Waals surface area contributed by atoms with Crippen LogP contribution in [0.3, 0.4) is 0 Å². The summed E-state index contributed by atoms with van der Waals surface area (Å²) in [6.07, 6.45) is 4.50. The van der Waals surface area contributed by atoms with Gasteiger partial charge < -0.3 is 5.11 Å². The van der Waals surface area contributed by atoms with Crippen molar-refractivity contribution in [1.29, 1.82) is 0 Å². The molecule has 0 bridgehead atoms. The maximum Gasteiger partial charge on any atom is 0.356 e. The van der Waals surface area contributed by atoms with Gasteiger partial charge >= 0.3 is 5.97 Å². The van der Waals surface area contributed by atoms with Crippen LogP contribution in [0.2, 0.25) is 0 Å². The highest BCUT2D eigenvalue weighted by atomic mass is 16.4. The van der Waals surface area contributed by atoms with E-state index in [1.807, 2.05) is 0 Å². The summed E-state index contributed by atoms with van der Waals surface area (Å²) in [5.74, 6) is -0.513. The minimum atomic E-state index is -1.05. The van der Waals surface area contributed by atoms with Gasteiger partial charge in [-0.25, -0.2) is 19.8 Å². The molecule has 0 unspecified atom stereocenters. The number of rotatable bonds is 1. The van der Waals surface area contributed by atoms with Gasteiger partial charge in [0.25, 0.3) is 0 Å². The Kier molecular flexibility index (Phi) is 1.77. The highest BCUT2D eigenvalue weighted by Crippen LogP contribution is 2.18. The molecule has 0 aliphatic carbocycles. The van der Waals surface area contributed by atoms with Gasteiger partial charge in [-0.3, -0.25) is 0 Å². The van der Waals surface area contributed by atoms with Crippen molar-refractivity contribution >= 4 is 18.0 Å². The van der Waals surface area contributed by atoms with Gasteiger partial charge in [0.1, 0.15) is 0 Å². The summed E-state index contributed by atoms with van der Waals surface area (Å²) >= 11 is 0. The van der Waals surface area contributed by atoms with Gasteiger partial charge in [0.15, 0.2) is 11.5 Å². The minimum absolute atomic E-state index is 0.0177. The number of aliphatic imine (C=N–C) groups is 1. The number of aryl methyl sites for hydroxylation is 1. The van der Waals surface area contributed by atoms with E-state index in [-0.39, 0.29) is 5.69 Å². The number of nitrogens with zero attached hydrogens (tertiary/aromatic N) is 3. The van der Waals surface area contributed by atoms with Crippen LogP contribution in [0, 0.1) is 0 Å². The van der Waals surface area contributed by atoms with Crippen LogP contribution in [0.4, 0.5) is 5.82 Å². The van der Waals surface area contributed by atoms with Crippen LogP contribution in [0.15, 0.2) is 11.2 Å². The number of hydrogen-bond donors (Lipinski definition) is 1. The van der Waals surface area contributed by atoms with Crippen molar-refractivity contribution in [2.75, 3.05) is 0 Å². The summed E-state index contributed by atoms with van der Waals surface area (Å²) in [4.78, 5) is 22.4. The van der Waals surface area contributed by atoms with Gasteiger partial charge in [-0.1, -0.05) is 0 Å². The fourth-order valence-electron chi connectivity index (χ4n) is 1.15. The Bertz CT molecular complexity index is 387. The lowest BCUT2D eigenvalue weighted by molar-refractivity contribution is 0.0689. The van der Waals surface area contributed by atoms with Gasteiger partial charge in [-0.05, 0) is 12.8 Å². The van der Waals surface area contributed by atoms with Gasteiger partial charge in [-0.2, -0.15) is 0 Å². The molecule has 2 rings (SSSR count). The van der Waals surface area contributed by atoms with E-state index in [9.17, 15) is 4.79 Å². The van der Waals surface area contributed by atoms with E-state index < -0.39 is 5.97 Å². The van der Waals surface area contributed by atoms with Crippen molar-refractivity contribution in [2.45, 2.75) is 12.8 Å². The van der Waals surface area contributed by atoms with Crippen LogP contribution in [0.25, 0.3) is 0 Å². The molecule has 1 aromatic rings. The van der Waals surface area contributed by atoms with E-state index in [0.717, 1.165) is 6.42 Å². The number of carboxylic acid groups (broad SMARTS) is 1. The fourth-order valence-corrected chi connectivity index (χ4v) is 1.15. The Hall–Kier alpha value is -1.78. The summed E-state index contributed by atoms with van der Waals surface area (Å²) in [5, 5.41) is 8.65. The molecule has 0 aromatic carbocycles. The van der Waals surface area contributed by atoms with Crippen molar-refractivity contribution in [1.82, 2.24) is 9.97 Å². The van der Waals surface area contributed by atoms with Crippen LogP contribution in [-0.2, 0) is 6.42 Å². The maximum absolute atomic E-state index is 10.5. The van der Waals surface area contributed by atoms with Gasteiger partial charge in [0.05, 0.1) is 11.9 Å². The molecule has 0 fully saturated rings. The van der Waals surface area contributed by atoms with E-state index in [1.165, 1.54) is 6.20 Å². The molecule has 1 N–H and O–H groups in total. The molecule has 0 saturated carbocycles. The third kappa shape index (κ3) is 1.40.